The summed E-state index contributed by atoms with van der Waals surface area (Å²) in [5.41, 5.74) is 2.47. The molecule has 0 saturated carbocycles. The summed E-state index contributed by atoms with van der Waals surface area (Å²) in [6, 6.07) is 6.00. The molecule has 4 heteroatoms. The zero-order valence-electron chi connectivity index (χ0n) is 12.9. The molecule has 1 N–H and O–H groups in total. The van der Waals surface area contributed by atoms with Crippen LogP contribution in [-0.2, 0) is 6.42 Å². The number of aromatic nitrogens is 3. The molecular weight excluding hydrogens is 260 g/mol. The molecule has 0 radical (unpaired) electrons. The fraction of sp³-hybridized carbons (Fsp3) is 0.529. The highest BCUT2D eigenvalue weighted by Crippen LogP contribution is 2.27. The topological polar surface area (TPSA) is 42.2 Å². The first-order valence-corrected chi connectivity index (χ1v) is 7.89. The van der Waals surface area contributed by atoms with E-state index in [1.165, 1.54) is 12.8 Å². The minimum atomic E-state index is 0.728. The smallest absolute Gasteiger partial charge is 0.160 e. The number of hydrogen-bond acceptors (Lipinski definition) is 3. The molecule has 2 aromatic heterocycles. The second kappa shape index (κ2) is 6.39. The van der Waals surface area contributed by atoms with E-state index >= 15 is 0 Å². The number of pyridine rings is 1. The normalized spacial score (nSPS) is 22.5. The highest BCUT2D eigenvalue weighted by molar-refractivity contribution is 5.36. The van der Waals surface area contributed by atoms with Gasteiger partial charge in [0.15, 0.2) is 5.65 Å². The fourth-order valence-corrected chi connectivity index (χ4v) is 3.41. The second-order valence-electron chi connectivity index (χ2n) is 6.30. The van der Waals surface area contributed by atoms with E-state index < -0.39 is 0 Å². The monoisotopic (exact) mass is 284 g/mol. The van der Waals surface area contributed by atoms with E-state index in [0.29, 0.717) is 0 Å². The van der Waals surface area contributed by atoms with Crippen LogP contribution in [0.15, 0.2) is 36.0 Å². The highest BCUT2D eigenvalue weighted by Gasteiger charge is 2.17. The molecule has 0 bridgehead atoms. The lowest BCUT2D eigenvalue weighted by Crippen LogP contribution is -2.28. The van der Waals surface area contributed by atoms with Crippen molar-refractivity contribution in [1.82, 2.24) is 19.9 Å². The van der Waals surface area contributed by atoms with Gasteiger partial charge in [0.25, 0.3) is 0 Å². The average Bonchev–Trinajstić information content (AvgIpc) is 2.86. The van der Waals surface area contributed by atoms with Crippen LogP contribution < -0.4 is 5.32 Å². The summed E-state index contributed by atoms with van der Waals surface area (Å²) < 4.78 is 2.07. The predicted octanol–water partition coefficient (Wildman–Crippen LogP) is 2.85. The molecule has 21 heavy (non-hydrogen) atoms. The highest BCUT2D eigenvalue weighted by atomic mass is 15.2. The van der Waals surface area contributed by atoms with Crippen LogP contribution in [0.3, 0.4) is 0 Å². The van der Waals surface area contributed by atoms with Crippen molar-refractivity contribution >= 4 is 5.65 Å². The first kappa shape index (κ1) is 14.3. The number of nitrogens with zero attached hydrogens (tertiary/aromatic N) is 3. The van der Waals surface area contributed by atoms with E-state index in [-0.39, 0.29) is 0 Å². The summed E-state index contributed by atoms with van der Waals surface area (Å²) in [5, 5.41) is 12.0. The van der Waals surface area contributed by atoms with E-state index in [1.807, 2.05) is 24.4 Å². The SMILES string of the molecule is CC1=CC(C)CC(CNCCc2nnc3ccccn23)C1. The Hall–Kier alpha value is -1.68. The number of rotatable bonds is 5. The van der Waals surface area contributed by atoms with Crippen molar-refractivity contribution in [3.63, 3.8) is 0 Å². The molecule has 0 aliphatic heterocycles. The molecule has 2 aromatic rings. The Balaban J connectivity index is 1.47. The van der Waals surface area contributed by atoms with E-state index in [2.05, 4.69) is 39.8 Å². The molecule has 2 atom stereocenters. The Morgan fingerprint density at radius 1 is 1.33 bits per heavy atom. The first-order valence-electron chi connectivity index (χ1n) is 7.89. The number of fused-ring (bicyclic) bond motifs is 1. The Bertz CT molecular complexity index is 629. The largest absolute Gasteiger partial charge is 0.316 e. The third-order valence-electron chi connectivity index (χ3n) is 4.23. The lowest BCUT2D eigenvalue weighted by molar-refractivity contribution is 0.382. The first-order chi connectivity index (χ1) is 10.2. The van der Waals surface area contributed by atoms with Gasteiger partial charge in [0, 0.05) is 19.2 Å². The van der Waals surface area contributed by atoms with Gasteiger partial charge >= 0.3 is 0 Å². The Labute approximate surface area is 126 Å². The van der Waals surface area contributed by atoms with Gasteiger partial charge in [-0.05, 0) is 50.3 Å². The van der Waals surface area contributed by atoms with Crippen LogP contribution in [0.4, 0.5) is 0 Å². The molecule has 0 aromatic carbocycles. The maximum Gasteiger partial charge on any atom is 0.160 e. The minimum absolute atomic E-state index is 0.728. The molecule has 1 aliphatic carbocycles. The van der Waals surface area contributed by atoms with Crippen LogP contribution in [0.2, 0.25) is 0 Å². The lowest BCUT2D eigenvalue weighted by atomic mass is 9.84. The van der Waals surface area contributed by atoms with Crippen LogP contribution in [-0.4, -0.2) is 27.7 Å². The average molecular weight is 284 g/mol. The van der Waals surface area contributed by atoms with Crippen LogP contribution in [0.1, 0.15) is 32.5 Å². The molecule has 2 heterocycles. The zero-order chi connectivity index (χ0) is 14.7. The van der Waals surface area contributed by atoms with Crippen molar-refractivity contribution in [3.05, 3.63) is 41.9 Å². The van der Waals surface area contributed by atoms with Crippen molar-refractivity contribution in [2.45, 2.75) is 33.1 Å². The predicted molar refractivity (Wildman–Crippen MR) is 85.2 cm³/mol. The van der Waals surface area contributed by atoms with Gasteiger partial charge in [-0.15, -0.1) is 10.2 Å². The standard InChI is InChI=1S/C17H24N4/c1-13-9-14(2)11-15(10-13)12-18-7-6-17-20-19-16-5-3-4-8-21(16)17/h3-5,8-9,13,15,18H,6-7,10-12H2,1-2H3. The third kappa shape index (κ3) is 3.50. The van der Waals surface area contributed by atoms with Gasteiger partial charge in [-0.2, -0.15) is 0 Å². The Morgan fingerprint density at radius 3 is 3.10 bits per heavy atom. The van der Waals surface area contributed by atoms with Gasteiger partial charge in [-0.3, -0.25) is 4.40 Å². The molecule has 1 aliphatic rings. The summed E-state index contributed by atoms with van der Waals surface area (Å²) in [4.78, 5) is 0. The number of allylic oxidation sites excluding steroid dienone is 2. The van der Waals surface area contributed by atoms with E-state index in [4.69, 9.17) is 0 Å². The van der Waals surface area contributed by atoms with Crippen molar-refractivity contribution in [2.75, 3.05) is 13.1 Å². The van der Waals surface area contributed by atoms with Crippen LogP contribution in [0.25, 0.3) is 5.65 Å². The molecule has 0 amide bonds. The van der Waals surface area contributed by atoms with Crippen LogP contribution in [0, 0.1) is 11.8 Å². The number of hydrogen-bond donors (Lipinski definition) is 1. The maximum atomic E-state index is 4.27. The van der Waals surface area contributed by atoms with Crippen molar-refractivity contribution in [3.8, 4) is 0 Å². The van der Waals surface area contributed by atoms with Gasteiger partial charge in [0.2, 0.25) is 0 Å². The van der Waals surface area contributed by atoms with E-state index in [1.54, 1.807) is 5.57 Å². The minimum Gasteiger partial charge on any atom is -0.316 e. The van der Waals surface area contributed by atoms with Gasteiger partial charge < -0.3 is 5.32 Å². The molecule has 0 fully saturated rings. The Kier molecular flexibility index (Phi) is 4.34. The van der Waals surface area contributed by atoms with Crippen LogP contribution in [0.5, 0.6) is 0 Å². The molecular formula is C17H24N4. The van der Waals surface area contributed by atoms with Gasteiger partial charge in [0.1, 0.15) is 5.82 Å². The van der Waals surface area contributed by atoms with Gasteiger partial charge in [-0.1, -0.05) is 24.6 Å². The summed E-state index contributed by atoms with van der Waals surface area (Å²) in [6.07, 6.45) is 7.91. The molecule has 0 spiro atoms. The van der Waals surface area contributed by atoms with Gasteiger partial charge in [0.05, 0.1) is 0 Å². The molecule has 0 saturated heterocycles. The van der Waals surface area contributed by atoms with E-state index in [0.717, 1.165) is 42.8 Å². The number of nitrogens with one attached hydrogen (secondary N) is 1. The summed E-state index contributed by atoms with van der Waals surface area (Å²) in [7, 11) is 0. The summed E-state index contributed by atoms with van der Waals surface area (Å²) in [5.74, 6) is 2.54. The molecule has 112 valence electrons. The van der Waals surface area contributed by atoms with Crippen molar-refractivity contribution < 1.29 is 0 Å². The van der Waals surface area contributed by atoms with Gasteiger partial charge in [-0.25, -0.2) is 0 Å². The Morgan fingerprint density at radius 2 is 2.24 bits per heavy atom. The van der Waals surface area contributed by atoms with Crippen molar-refractivity contribution in [2.24, 2.45) is 11.8 Å². The third-order valence-corrected chi connectivity index (χ3v) is 4.23. The second-order valence-corrected chi connectivity index (χ2v) is 6.30. The maximum absolute atomic E-state index is 4.27. The quantitative estimate of drug-likeness (QED) is 0.678. The van der Waals surface area contributed by atoms with Crippen LogP contribution >= 0.6 is 0 Å². The zero-order valence-corrected chi connectivity index (χ0v) is 12.9. The summed E-state index contributed by atoms with van der Waals surface area (Å²) in [6.45, 7) is 6.64. The molecule has 2 unspecified atom stereocenters. The lowest BCUT2D eigenvalue weighted by Gasteiger charge is -2.25. The molecule has 3 rings (SSSR count). The fourth-order valence-electron chi connectivity index (χ4n) is 3.41. The van der Waals surface area contributed by atoms with Crippen molar-refractivity contribution in [1.29, 1.82) is 0 Å². The molecule has 4 nitrogen and oxygen atoms in total. The van der Waals surface area contributed by atoms with E-state index in [9.17, 15) is 0 Å². The summed E-state index contributed by atoms with van der Waals surface area (Å²) >= 11 is 0.